The first-order chi connectivity index (χ1) is 8.04. The number of aliphatic hydroxyl groups excluding tert-OH is 1. The summed E-state index contributed by atoms with van der Waals surface area (Å²) in [6, 6.07) is 6.33. The lowest BCUT2D eigenvalue weighted by molar-refractivity contribution is -0.150. The number of halogens is 1. The lowest BCUT2D eigenvalue weighted by Gasteiger charge is -2.20. The number of hydrogen-bond acceptors (Lipinski definition) is 3. The molecule has 0 saturated carbocycles. The molecule has 17 heavy (non-hydrogen) atoms. The van der Waals surface area contributed by atoms with Gasteiger partial charge in [-0.15, -0.1) is 0 Å². The van der Waals surface area contributed by atoms with Crippen molar-refractivity contribution in [2.45, 2.75) is 32.0 Å². The van der Waals surface area contributed by atoms with Gasteiger partial charge in [0.1, 0.15) is 11.9 Å². The Bertz CT molecular complexity index is 363. The van der Waals surface area contributed by atoms with Crippen LogP contribution in [0.3, 0.4) is 0 Å². The van der Waals surface area contributed by atoms with Gasteiger partial charge in [0.25, 0.3) is 0 Å². The second-order valence-corrected chi connectivity index (χ2v) is 4.12. The Morgan fingerprint density at radius 2 is 2.00 bits per heavy atom. The molecule has 0 aliphatic heterocycles. The van der Waals surface area contributed by atoms with E-state index in [1.54, 1.807) is 24.3 Å². The van der Waals surface area contributed by atoms with Gasteiger partial charge in [-0.2, -0.15) is 0 Å². The zero-order valence-corrected chi connectivity index (χ0v) is 10.2. The van der Waals surface area contributed by atoms with Gasteiger partial charge in [0.15, 0.2) is 0 Å². The van der Waals surface area contributed by atoms with Crippen LogP contribution in [0.2, 0.25) is 5.02 Å². The van der Waals surface area contributed by atoms with Crippen molar-refractivity contribution in [3.63, 3.8) is 0 Å². The molecule has 0 aromatic heterocycles. The SMILES string of the molecule is CCCC(O)C(Oc1ccc(Cl)cc1)C(=O)O. The van der Waals surface area contributed by atoms with E-state index in [1.165, 1.54) is 0 Å². The average Bonchev–Trinajstić information content (AvgIpc) is 2.28. The van der Waals surface area contributed by atoms with E-state index >= 15 is 0 Å². The van der Waals surface area contributed by atoms with Crippen LogP contribution in [-0.2, 0) is 4.79 Å². The predicted octanol–water partition coefficient (Wildman–Crippen LogP) is 2.33. The topological polar surface area (TPSA) is 66.8 Å². The molecule has 0 amide bonds. The quantitative estimate of drug-likeness (QED) is 0.822. The minimum Gasteiger partial charge on any atom is -0.478 e. The van der Waals surface area contributed by atoms with E-state index < -0.39 is 18.2 Å². The van der Waals surface area contributed by atoms with Crippen molar-refractivity contribution in [2.24, 2.45) is 0 Å². The van der Waals surface area contributed by atoms with E-state index in [-0.39, 0.29) is 0 Å². The van der Waals surface area contributed by atoms with Crippen molar-refractivity contribution in [1.82, 2.24) is 0 Å². The van der Waals surface area contributed by atoms with Crippen LogP contribution in [0.4, 0.5) is 0 Å². The maximum Gasteiger partial charge on any atom is 0.347 e. The first-order valence-electron chi connectivity index (χ1n) is 5.37. The number of ether oxygens (including phenoxy) is 1. The molecule has 0 saturated heterocycles. The Hall–Kier alpha value is -1.26. The lowest BCUT2D eigenvalue weighted by atomic mass is 10.1. The Balaban J connectivity index is 2.73. The second kappa shape index (κ2) is 6.47. The highest BCUT2D eigenvalue weighted by Crippen LogP contribution is 2.18. The van der Waals surface area contributed by atoms with Crippen molar-refractivity contribution < 1.29 is 19.7 Å². The minimum atomic E-state index is -1.25. The molecule has 1 aromatic rings. The summed E-state index contributed by atoms with van der Waals surface area (Å²) < 4.78 is 5.24. The fourth-order valence-electron chi connectivity index (χ4n) is 1.40. The highest BCUT2D eigenvalue weighted by Gasteiger charge is 2.27. The lowest BCUT2D eigenvalue weighted by Crippen LogP contribution is -2.39. The van der Waals surface area contributed by atoms with E-state index in [0.29, 0.717) is 23.6 Å². The highest BCUT2D eigenvalue weighted by molar-refractivity contribution is 6.30. The molecule has 0 heterocycles. The van der Waals surface area contributed by atoms with Crippen LogP contribution in [0.25, 0.3) is 0 Å². The van der Waals surface area contributed by atoms with Crippen LogP contribution in [0.15, 0.2) is 24.3 Å². The summed E-state index contributed by atoms with van der Waals surface area (Å²) in [5, 5.41) is 19.2. The third-order valence-electron chi connectivity index (χ3n) is 2.25. The number of rotatable bonds is 6. The number of carboxylic acids is 1. The molecule has 0 aliphatic carbocycles. The summed E-state index contributed by atoms with van der Waals surface area (Å²) >= 11 is 5.70. The molecule has 2 N–H and O–H groups in total. The smallest absolute Gasteiger partial charge is 0.347 e. The average molecular weight is 259 g/mol. The molecule has 4 nitrogen and oxygen atoms in total. The maximum atomic E-state index is 11.0. The van der Waals surface area contributed by atoms with E-state index in [2.05, 4.69) is 0 Å². The van der Waals surface area contributed by atoms with Crippen LogP contribution in [-0.4, -0.2) is 28.4 Å². The summed E-state index contributed by atoms with van der Waals surface area (Å²) in [5.41, 5.74) is 0. The fourth-order valence-corrected chi connectivity index (χ4v) is 1.53. The third-order valence-corrected chi connectivity index (χ3v) is 2.51. The van der Waals surface area contributed by atoms with Gasteiger partial charge in [0, 0.05) is 5.02 Å². The largest absolute Gasteiger partial charge is 0.478 e. The normalized spacial score (nSPS) is 14.1. The summed E-state index contributed by atoms with van der Waals surface area (Å²) in [7, 11) is 0. The maximum absolute atomic E-state index is 11.0. The Morgan fingerprint density at radius 1 is 1.41 bits per heavy atom. The van der Waals surface area contributed by atoms with Crippen LogP contribution < -0.4 is 4.74 Å². The molecule has 0 spiro atoms. The van der Waals surface area contributed by atoms with Gasteiger partial charge < -0.3 is 14.9 Å². The Kier molecular flexibility index (Phi) is 5.25. The zero-order valence-electron chi connectivity index (χ0n) is 9.47. The summed E-state index contributed by atoms with van der Waals surface area (Å²) in [5.74, 6) is -0.808. The van der Waals surface area contributed by atoms with E-state index in [1.807, 2.05) is 6.92 Å². The van der Waals surface area contributed by atoms with Gasteiger partial charge in [-0.3, -0.25) is 0 Å². The summed E-state index contributed by atoms with van der Waals surface area (Å²) in [4.78, 5) is 11.0. The number of benzene rings is 1. The van der Waals surface area contributed by atoms with Gasteiger partial charge in [-0.05, 0) is 30.7 Å². The van der Waals surface area contributed by atoms with Crippen molar-refractivity contribution in [3.05, 3.63) is 29.3 Å². The van der Waals surface area contributed by atoms with Gasteiger partial charge in [-0.1, -0.05) is 24.9 Å². The zero-order chi connectivity index (χ0) is 12.8. The van der Waals surface area contributed by atoms with E-state index in [9.17, 15) is 9.90 Å². The third kappa shape index (κ3) is 4.24. The van der Waals surface area contributed by atoms with Gasteiger partial charge >= 0.3 is 5.97 Å². The molecule has 0 aliphatic rings. The second-order valence-electron chi connectivity index (χ2n) is 3.69. The standard InChI is InChI=1S/C12H15ClO4/c1-2-3-10(14)11(12(15)16)17-9-6-4-8(13)5-7-9/h4-7,10-11,14H,2-3H2,1H3,(H,15,16). The monoisotopic (exact) mass is 258 g/mol. The number of aliphatic hydroxyl groups is 1. The van der Waals surface area contributed by atoms with Gasteiger partial charge in [-0.25, -0.2) is 4.79 Å². The summed E-state index contributed by atoms with van der Waals surface area (Å²) in [6.07, 6.45) is -1.20. The first-order valence-corrected chi connectivity index (χ1v) is 5.75. The van der Waals surface area contributed by atoms with Gasteiger partial charge in [0.05, 0.1) is 0 Å². The van der Waals surface area contributed by atoms with Crippen LogP contribution in [0.5, 0.6) is 5.75 Å². The number of carboxylic acid groups (broad SMARTS) is 1. The van der Waals surface area contributed by atoms with Crippen LogP contribution in [0.1, 0.15) is 19.8 Å². The molecule has 1 aromatic carbocycles. The molecule has 1 rings (SSSR count). The number of carbonyl (C=O) groups is 1. The van der Waals surface area contributed by atoms with E-state index in [4.69, 9.17) is 21.4 Å². The molecule has 2 atom stereocenters. The summed E-state index contributed by atoms with van der Waals surface area (Å²) in [6.45, 7) is 1.87. The number of hydrogen-bond donors (Lipinski definition) is 2. The Morgan fingerprint density at radius 3 is 2.47 bits per heavy atom. The van der Waals surface area contributed by atoms with E-state index in [0.717, 1.165) is 0 Å². The molecule has 0 radical (unpaired) electrons. The van der Waals surface area contributed by atoms with Crippen molar-refractivity contribution in [2.75, 3.05) is 0 Å². The van der Waals surface area contributed by atoms with Crippen molar-refractivity contribution in [3.8, 4) is 5.75 Å². The Labute approximate surface area is 105 Å². The molecular formula is C12H15ClO4. The van der Waals surface area contributed by atoms with Crippen molar-refractivity contribution in [1.29, 1.82) is 0 Å². The van der Waals surface area contributed by atoms with Crippen LogP contribution >= 0.6 is 11.6 Å². The molecule has 5 heteroatoms. The molecule has 0 fully saturated rings. The minimum absolute atomic E-state index is 0.372. The molecule has 2 unspecified atom stereocenters. The highest BCUT2D eigenvalue weighted by atomic mass is 35.5. The van der Waals surface area contributed by atoms with Crippen LogP contribution in [0, 0.1) is 0 Å². The fraction of sp³-hybridized carbons (Fsp3) is 0.417. The van der Waals surface area contributed by atoms with Gasteiger partial charge in [0.2, 0.25) is 6.10 Å². The first kappa shape index (κ1) is 13.8. The molecule has 94 valence electrons. The molecule has 0 bridgehead atoms. The predicted molar refractivity (Wildman–Crippen MR) is 64.4 cm³/mol. The molecular weight excluding hydrogens is 244 g/mol. The number of aliphatic carboxylic acids is 1. The van der Waals surface area contributed by atoms with Crippen molar-refractivity contribution >= 4 is 17.6 Å².